The molecular formula is C11H14N4O4S2. The highest BCUT2D eigenvalue weighted by molar-refractivity contribution is 8.00. The summed E-state index contributed by atoms with van der Waals surface area (Å²) in [6.07, 6.45) is 0. The molecule has 8 nitrogen and oxygen atoms in total. The highest BCUT2D eigenvalue weighted by Crippen LogP contribution is 2.24. The molecule has 0 radical (unpaired) electrons. The SMILES string of the molecule is CCSC(C)NS(=O)(=O)c1nc2c([N+](=O)[O-])cccc2[nH]1. The zero-order valence-corrected chi connectivity index (χ0v) is 13.0. The predicted molar refractivity (Wildman–Crippen MR) is 80.7 cm³/mol. The first-order chi connectivity index (χ1) is 9.85. The number of aromatic nitrogens is 2. The number of nitro groups is 1. The Labute approximate surface area is 125 Å². The Bertz CT molecular complexity index is 772. The van der Waals surface area contributed by atoms with Crippen LogP contribution in [-0.4, -0.2) is 34.4 Å². The van der Waals surface area contributed by atoms with Crippen molar-refractivity contribution in [2.24, 2.45) is 0 Å². The number of aromatic amines is 1. The summed E-state index contributed by atoms with van der Waals surface area (Å²) in [5, 5.41) is 10.3. The van der Waals surface area contributed by atoms with Gasteiger partial charge in [-0.3, -0.25) is 10.1 Å². The summed E-state index contributed by atoms with van der Waals surface area (Å²) in [6.45, 7) is 3.64. The molecule has 0 aliphatic carbocycles. The third kappa shape index (κ3) is 3.34. The molecule has 114 valence electrons. The minimum Gasteiger partial charge on any atom is -0.327 e. The fraction of sp³-hybridized carbons (Fsp3) is 0.364. The van der Waals surface area contributed by atoms with Gasteiger partial charge in [0.05, 0.1) is 15.8 Å². The van der Waals surface area contributed by atoms with Crippen molar-refractivity contribution in [1.29, 1.82) is 0 Å². The van der Waals surface area contributed by atoms with Crippen molar-refractivity contribution in [3.63, 3.8) is 0 Å². The second-order valence-corrected chi connectivity index (χ2v) is 7.44. The second-order valence-electron chi connectivity index (χ2n) is 4.19. The average molecular weight is 330 g/mol. The number of imidazole rings is 1. The Morgan fingerprint density at radius 2 is 2.24 bits per heavy atom. The predicted octanol–water partition coefficient (Wildman–Crippen LogP) is 1.85. The number of para-hydroxylation sites is 1. The standard InChI is InChI=1S/C11H14N4O4S2/c1-3-20-7(2)14-21(18,19)11-12-8-5-4-6-9(15(16)17)10(8)13-11/h4-7,14H,3H2,1-2H3,(H,12,13). The van der Waals surface area contributed by atoms with Crippen LogP contribution in [0.2, 0.25) is 0 Å². The number of nitrogens with one attached hydrogen (secondary N) is 2. The number of hydrogen-bond donors (Lipinski definition) is 2. The average Bonchev–Trinajstić information content (AvgIpc) is 2.82. The van der Waals surface area contributed by atoms with Crippen molar-refractivity contribution in [1.82, 2.24) is 14.7 Å². The lowest BCUT2D eigenvalue weighted by atomic mass is 10.3. The molecule has 21 heavy (non-hydrogen) atoms. The monoisotopic (exact) mass is 330 g/mol. The van der Waals surface area contributed by atoms with Gasteiger partial charge in [-0.25, -0.2) is 13.4 Å². The first-order valence-corrected chi connectivity index (χ1v) is 8.65. The summed E-state index contributed by atoms with van der Waals surface area (Å²) in [7, 11) is -3.85. The lowest BCUT2D eigenvalue weighted by Crippen LogP contribution is -2.31. The van der Waals surface area contributed by atoms with Crippen LogP contribution in [0.5, 0.6) is 0 Å². The van der Waals surface area contributed by atoms with E-state index >= 15 is 0 Å². The molecule has 1 unspecified atom stereocenters. The smallest absolute Gasteiger partial charge is 0.297 e. The van der Waals surface area contributed by atoms with E-state index in [1.165, 1.54) is 23.9 Å². The van der Waals surface area contributed by atoms with Crippen LogP contribution in [0.3, 0.4) is 0 Å². The maximum absolute atomic E-state index is 12.2. The Balaban J connectivity index is 2.43. The maximum Gasteiger partial charge on any atom is 0.297 e. The molecule has 0 aliphatic rings. The van der Waals surface area contributed by atoms with Crippen LogP contribution < -0.4 is 4.72 Å². The topological polar surface area (TPSA) is 118 Å². The van der Waals surface area contributed by atoms with Gasteiger partial charge >= 0.3 is 0 Å². The van der Waals surface area contributed by atoms with Crippen LogP contribution in [-0.2, 0) is 10.0 Å². The quantitative estimate of drug-likeness (QED) is 0.474. The Morgan fingerprint density at radius 1 is 1.52 bits per heavy atom. The lowest BCUT2D eigenvalue weighted by molar-refractivity contribution is -0.383. The molecule has 0 aliphatic heterocycles. The van der Waals surface area contributed by atoms with E-state index in [0.29, 0.717) is 5.52 Å². The number of fused-ring (bicyclic) bond motifs is 1. The van der Waals surface area contributed by atoms with E-state index < -0.39 is 14.9 Å². The number of hydrogen-bond acceptors (Lipinski definition) is 6. The summed E-state index contributed by atoms with van der Waals surface area (Å²) < 4.78 is 26.8. The number of sulfonamides is 1. The van der Waals surface area contributed by atoms with E-state index in [-0.39, 0.29) is 21.7 Å². The molecule has 10 heteroatoms. The molecule has 0 fully saturated rings. The summed E-state index contributed by atoms with van der Waals surface area (Å²) in [6, 6.07) is 4.29. The van der Waals surface area contributed by atoms with Crippen molar-refractivity contribution in [3.05, 3.63) is 28.3 Å². The summed E-state index contributed by atoms with van der Waals surface area (Å²) in [4.78, 5) is 16.8. The molecule has 0 amide bonds. The third-order valence-electron chi connectivity index (χ3n) is 2.66. The van der Waals surface area contributed by atoms with Gasteiger partial charge in [-0.2, -0.15) is 4.72 Å². The Kier molecular flexibility index (Phi) is 4.49. The first-order valence-electron chi connectivity index (χ1n) is 6.12. The molecular weight excluding hydrogens is 316 g/mol. The highest BCUT2D eigenvalue weighted by Gasteiger charge is 2.24. The number of thioether (sulfide) groups is 1. The third-order valence-corrected chi connectivity index (χ3v) is 5.13. The number of nitro benzene ring substituents is 1. The van der Waals surface area contributed by atoms with Crippen molar-refractivity contribution < 1.29 is 13.3 Å². The van der Waals surface area contributed by atoms with Crippen LogP contribution in [0.4, 0.5) is 5.69 Å². The summed E-state index contributed by atoms with van der Waals surface area (Å²) >= 11 is 1.43. The summed E-state index contributed by atoms with van der Waals surface area (Å²) in [5.41, 5.74) is 0.0974. The van der Waals surface area contributed by atoms with Gasteiger partial charge in [0.25, 0.3) is 15.7 Å². The minimum atomic E-state index is -3.85. The molecule has 2 rings (SSSR count). The second kappa shape index (κ2) is 6.00. The van der Waals surface area contributed by atoms with Gasteiger partial charge in [-0.1, -0.05) is 13.0 Å². The van der Waals surface area contributed by atoms with Crippen LogP contribution in [0.1, 0.15) is 13.8 Å². The van der Waals surface area contributed by atoms with Crippen molar-refractivity contribution in [3.8, 4) is 0 Å². The van der Waals surface area contributed by atoms with Gasteiger partial charge in [-0.05, 0) is 18.7 Å². The van der Waals surface area contributed by atoms with E-state index in [2.05, 4.69) is 14.7 Å². The maximum atomic E-state index is 12.2. The molecule has 1 heterocycles. The fourth-order valence-corrected chi connectivity index (χ4v) is 3.98. The normalized spacial score (nSPS) is 13.4. The number of benzene rings is 1. The molecule has 0 spiro atoms. The fourth-order valence-electron chi connectivity index (χ4n) is 1.83. The molecule has 0 saturated carbocycles. The minimum absolute atomic E-state index is 0.0265. The summed E-state index contributed by atoms with van der Waals surface area (Å²) in [5.74, 6) is 0.759. The number of non-ortho nitro benzene ring substituents is 1. The Morgan fingerprint density at radius 3 is 2.86 bits per heavy atom. The van der Waals surface area contributed by atoms with Gasteiger partial charge in [0.15, 0.2) is 5.52 Å². The largest absolute Gasteiger partial charge is 0.327 e. The molecule has 1 aromatic carbocycles. The molecule has 1 aromatic heterocycles. The van der Waals surface area contributed by atoms with Crippen LogP contribution in [0, 0.1) is 10.1 Å². The number of rotatable bonds is 6. The van der Waals surface area contributed by atoms with Crippen LogP contribution in [0.25, 0.3) is 11.0 Å². The van der Waals surface area contributed by atoms with Crippen molar-refractivity contribution in [2.45, 2.75) is 24.4 Å². The van der Waals surface area contributed by atoms with Gasteiger partial charge in [0.2, 0.25) is 5.16 Å². The van der Waals surface area contributed by atoms with Crippen molar-refractivity contribution >= 4 is 38.5 Å². The lowest BCUT2D eigenvalue weighted by Gasteiger charge is -2.10. The van der Waals surface area contributed by atoms with Gasteiger partial charge < -0.3 is 4.98 Å². The molecule has 0 bridgehead atoms. The van der Waals surface area contributed by atoms with Gasteiger partial charge in [-0.15, -0.1) is 11.8 Å². The number of H-pyrrole nitrogens is 1. The molecule has 2 N–H and O–H groups in total. The van der Waals surface area contributed by atoms with Crippen LogP contribution in [0.15, 0.2) is 23.4 Å². The van der Waals surface area contributed by atoms with E-state index in [1.54, 1.807) is 13.0 Å². The zero-order valence-electron chi connectivity index (χ0n) is 11.4. The molecule has 2 aromatic rings. The van der Waals surface area contributed by atoms with E-state index in [0.717, 1.165) is 5.75 Å². The van der Waals surface area contributed by atoms with E-state index in [1.807, 2.05) is 6.92 Å². The number of nitrogens with zero attached hydrogens (tertiary/aromatic N) is 2. The van der Waals surface area contributed by atoms with E-state index in [9.17, 15) is 18.5 Å². The van der Waals surface area contributed by atoms with Crippen LogP contribution >= 0.6 is 11.8 Å². The van der Waals surface area contributed by atoms with Crippen molar-refractivity contribution in [2.75, 3.05) is 5.75 Å². The van der Waals surface area contributed by atoms with Gasteiger partial charge in [0.1, 0.15) is 0 Å². The van der Waals surface area contributed by atoms with Gasteiger partial charge in [0, 0.05) is 6.07 Å². The first kappa shape index (κ1) is 15.7. The van der Waals surface area contributed by atoms with E-state index in [4.69, 9.17) is 0 Å². The zero-order chi connectivity index (χ0) is 15.6. The molecule has 0 saturated heterocycles. The molecule has 1 atom stereocenters. The highest BCUT2D eigenvalue weighted by atomic mass is 32.2. The Hall–Kier alpha value is -1.65.